The molecule has 0 aliphatic carbocycles. The first-order valence-electron chi connectivity index (χ1n) is 6.58. The average Bonchev–Trinajstić information content (AvgIpc) is 2.35. The van der Waals surface area contributed by atoms with Crippen LogP contribution >= 0.6 is 0 Å². The number of halogens is 3. The van der Waals surface area contributed by atoms with Gasteiger partial charge in [0.2, 0.25) is 0 Å². The molecule has 0 aliphatic rings. The maximum absolute atomic E-state index is 12.7. The molecule has 0 amide bonds. The van der Waals surface area contributed by atoms with Crippen molar-refractivity contribution in [2.24, 2.45) is 5.92 Å². The zero-order chi connectivity index (χ0) is 16.4. The van der Waals surface area contributed by atoms with Crippen LogP contribution in [0.2, 0.25) is 0 Å². The fourth-order valence-corrected chi connectivity index (χ4v) is 2.09. The van der Waals surface area contributed by atoms with Crippen molar-refractivity contribution < 1.29 is 23.1 Å². The molecule has 1 heterocycles. The van der Waals surface area contributed by atoms with E-state index in [-0.39, 0.29) is 17.4 Å². The highest BCUT2D eigenvalue weighted by atomic mass is 19.4. The molecule has 1 N–H and O–H groups in total. The molecule has 0 spiro atoms. The minimum absolute atomic E-state index is 0.126. The largest absolute Gasteiger partial charge is 0.478 e. The molecule has 0 radical (unpaired) electrons. The van der Waals surface area contributed by atoms with Crippen LogP contribution in [0.3, 0.4) is 0 Å². The fraction of sp³-hybridized carbons (Fsp3) is 0.571. The second-order valence-corrected chi connectivity index (χ2v) is 5.46. The van der Waals surface area contributed by atoms with Crippen LogP contribution in [0.5, 0.6) is 0 Å². The van der Waals surface area contributed by atoms with E-state index in [1.165, 1.54) is 4.90 Å². The van der Waals surface area contributed by atoms with Gasteiger partial charge in [-0.2, -0.15) is 13.2 Å². The van der Waals surface area contributed by atoms with E-state index >= 15 is 0 Å². The second-order valence-electron chi connectivity index (χ2n) is 5.46. The highest BCUT2D eigenvalue weighted by molar-refractivity contribution is 5.93. The van der Waals surface area contributed by atoms with Crippen molar-refractivity contribution in [3.63, 3.8) is 0 Å². The lowest BCUT2D eigenvalue weighted by atomic mass is 10.0. The summed E-state index contributed by atoms with van der Waals surface area (Å²) >= 11 is 0. The van der Waals surface area contributed by atoms with Crippen molar-refractivity contribution in [3.8, 4) is 0 Å². The maximum Gasteiger partial charge on any atom is 0.433 e. The third kappa shape index (κ3) is 4.34. The Balaban J connectivity index is 3.26. The summed E-state index contributed by atoms with van der Waals surface area (Å²) < 4.78 is 38.2. The number of carboxylic acid groups (broad SMARTS) is 1. The molecule has 118 valence electrons. The first kappa shape index (κ1) is 17.3. The molecule has 0 aromatic carbocycles. The van der Waals surface area contributed by atoms with Crippen LogP contribution in [0.4, 0.5) is 19.0 Å². The number of hydrogen-bond acceptors (Lipinski definition) is 3. The Hall–Kier alpha value is -1.79. The molecule has 0 saturated heterocycles. The summed E-state index contributed by atoms with van der Waals surface area (Å²) in [5, 5.41) is 9.12. The van der Waals surface area contributed by atoms with Crippen LogP contribution in [-0.2, 0) is 6.18 Å². The van der Waals surface area contributed by atoms with Gasteiger partial charge in [0.25, 0.3) is 0 Å². The van der Waals surface area contributed by atoms with E-state index in [0.717, 1.165) is 6.07 Å². The Morgan fingerprint density at radius 2 is 1.90 bits per heavy atom. The summed E-state index contributed by atoms with van der Waals surface area (Å²) in [6, 6.07) is 1.51. The number of anilines is 1. The molecular weight excluding hydrogens is 285 g/mol. The van der Waals surface area contributed by atoms with Gasteiger partial charge in [0.1, 0.15) is 17.1 Å². The summed E-state index contributed by atoms with van der Waals surface area (Å²) in [5.41, 5.74) is -1.33. The highest BCUT2D eigenvalue weighted by Gasteiger charge is 2.34. The number of rotatable bonds is 5. The topological polar surface area (TPSA) is 53.4 Å². The Labute approximate surface area is 121 Å². The van der Waals surface area contributed by atoms with Crippen molar-refractivity contribution in [1.82, 2.24) is 4.98 Å². The SMILES string of the molecule is CC(C)CC(C)N(C)c1nc(C(F)(F)F)ccc1C(=O)O. The summed E-state index contributed by atoms with van der Waals surface area (Å²) in [4.78, 5) is 16.2. The number of nitrogens with zero attached hydrogens (tertiary/aromatic N) is 2. The van der Waals surface area contributed by atoms with Crippen LogP contribution in [0.1, 0.15) is 43.2 Å². The first-order chi connectivity index (χ1) is 9.54. The van der Waals surface area contributed by atoms with Crippen LogP contribution in [0.15, 0.2) is 12.1 Å². The zero-order valence-corrected chi connectivity index (χ0v) is 12.4. The third-order valence-corrected chi connectivity index (χ3v) is 3.20. The number of aromatic carboxylic acids is 1. The van der Waals surface area contributed by atoms with Gasteiger partial charge in [0.15, 0.2) is 0 Å². The zero-order valence-electron chi connectivity index (χ0n) is 12.4. The Kier molecular flexibility index (Phi) is 5.20. The number of carboxylic acids is 1. The van der Waals surface area contributed by atoms with Crippen LogP contribution in [0, 0.1) is 5.92 Å². The van der Waals surface area contributed by atoms with E-state index in [9.17, 15) is 18.0 Å². The highest BCUT2D eigenvalue weighted by Crippen LogP contribution is 2.31. The van der Waals surface area contributed by atoms with Crippen molar-refractivity contribution in [1.29, 1.82) is 0 Å². The van der Waals surface area contributed by atoms with Gasteiger partial charge in [0, 0.05) is 13.1 Å². The quantitative estimate of drug-likeness (QED) is 0.902. The average molecular weight is 304 g/mol. The number of aromatic nitrogens is 1. The molecule has 0 bridgehead atoms. The monoisotopic (exact) mass is 304 g/mol. The molecule has 4 nitrogen and oxygen atoms in total. The fourth-order valence-electron chi connectivity index (χ4n) is 2.09. The second kappa shape index (κ2) is 6.32. The lowest BCUT2D eigenvalue weighted by molar-refractivity contribution is -0.141. The normalized spacial score (nSPS) is 13.3. The maximum atomic E-state index is 12.7. The molecule has 1 rings (SSSR count). The Morgan fingerprint density at radius 1 is 1.33 bits per heavy atom. The molecule has 1 unspecified atom stereocenters. The summed E-state index contributed by atoms with van der Waals surface area (Å²) in [6.07, 6.45) is -3.89. The molecule has 0 saturated carbocycles. The number of hydrogen-bond donors (Lipinski definition) is 1. The van der Waals surface area contributed by atoms with Gasteiger partial charge in [-0.3, -0.25) is 0 Å². The molecule has 1 aromatic rings. The van der Waals surface area contributed by atoms with Gasteiger partial charge in [-0.1, -0.05) is 13.8 Å². The lowest BCUT2D eigenvalue weighted by Gasteiger charge is -2.28. The molecule has 7 heteroatoms. The first-order valence-corrected chi connectivity index (χ1v) is 6.58. The predicted molar refractivity (Wildman–Crippen MR) is 73.5 cm³/mol. The Bertz CT molecular complexity index is 515. The van der Waals surface area contributed by atoms with Crippen molar-refractivity contribution in [3.05, 3.63) is 23.4 Å². The van der Waals surface area contributed by atoms with Gasteiger partial charge < -0.3 is 10.0 Å². The van der Waals surface area contributed by atoms with E-state index in [1.54, 1.807) is 7.05 Å². The van der Waals surface area contributed by atoms with Gasteiger partial charge in [-0.05, 0) is 31.4 Å². The number of carbonyl (C=O) groups is 1. The smallest absolute Gasteiger partial charge is 0.433 e. The van der Waals surface area contributed by atoms with Crippen molar-refractivity contribution in [2.75, 3.05) is 11.9 Å². The van der Waals surface area contributed by atoms with Crippen molar-refractivity contribution in [2.45, 2.75) is 39.4 Å². The van der Waals surface area contributed by atoms with Crippen LogP contribution in [0.25, 0.3) is 0 Å². The lowest BCUT2D eigenvalue weighted by Crippen LogP contribution is -2.32. The summed E-state index contributed by atoms with van der Waals surface area (Å²) in [5.74, 6) is -1.12. The van der Waals surface area contributed by atoms with Gasteiger partial charge >= 0.3 is 12.1 Å². The third-order valence-electron chi connectivity index (χ3n) is 3.20. The standard InChI is InChI=1S/C14H19F3N2O2/c1-8(2)7-9(3)19(4)12-10(13(20)21)5-6-11(18-12)14(15,16)17/h5-6,8-9H,7H2,1-4H3,(H,20,21). The predicted octanol–water partition coefficient (Wildman–Crippen LogP) is 3.67. The summed E-state index contributed by atoms with van der Waals surface area (Å²) in [7, 11) is 1.56. The van der Waals surface area contributed by atoms with Gasteiger partial charge in [-0.25, -0.2) is 9.78 Å². The molecular formula is C14H19F3N2O2. The number of alkyl halides is 3. The van der Waals surface area contributed by atoms with E-state index in [4.69, 9.17) is 5.11 Å². The Morgan fingerprint density at radius 3 is 2.33 bits per heavy atom. The van der Waals surface area contributed by atoms with E-state index in [1.807, 2.05) is 20.8 Å². The van der Waals surface area contributed by atoms with Gasteiger partial charge in [0.05, 0.1) is 0 Å². The molecule has 1 atom stereocenters. The number of pyridine rings is 1. The minimum atomic E-state index is -4.60. The summed E-state index contributed by atoms with van der Waals surface area (Å²) in [6.45, 7) is 5.80. The van der Waals surface area contributed by atoms with E-state index in [0.29, 0.717) is 18.4 Å². The van der Waals surface area contributed by atoms with Crippen LogP contribution in [-0.4, -0.2) is 29.1 Å². The van der Waals surface area contributed by atoms with E-state index in [2.05, 4.69) is 4.98 Å². The molecule has 0 fully saturated rings. The molecule has 21 heavy (non-hydrogen) atoms. The minimum Gasteiger partial charge on any atom is -0.478 e. The van der Waals surface area contributed by atoms with E-state index < -0.39 is 17.8 Å². The molecule has 1 aromatic heterocycles. The van der Waals surface area contributed by atoms with Crippen molar-refractivity contribution >= 4 is 11.8 Å². The molecule has 0 aliphatic heterocycles. The van der Waals surface area contributed by atoms with Gasteiger partial charge in [-0.15, -0.1) is 0 Å². The van der Waals surface area contributed by atoms with Crippen LogP contribution < -0.4 is 4.90 Å².